The standard InChI is InChI=1S/C12H23O6P/c1-9(2)17-19(14,18-10(3)4)8-16-12-6-5-11(13)7-15-12/h5-6,9-13H,7-8H2,1-4H3/t11-,12+/m0/s1. The molecule has 0 amide bonds. The molecule has 0 aromatic heterocycles. The smallest absolute Gasteiger partial charge is 0.356 e. The molecule has 1 rings (SSSR count). The number of hydrogen-bond donors (Lipinski definition) is 1. The van der Waals surface area contributed by atoms with Crippen LogP contribution in [0, 0.1) is 0 Å². The van der Waals surface area contributed by atoms with Crippen molar-refractivity contribution in [1.29, 1.82) is 0 Å². The summed E-state index contributed by atoms with van der Waals surface area (Å²) in [6.07, 6.45) is 1.26. The van der Waals surface area contributed by atoms with E-state index in [9.17, 15) is 9.67 Å². The van der Waals surface area contributed by atoms with Gasteiger partial charge in [0.05, 0.1) is 24.9 Å². The zero-order valence-corrected chi connectivity index (χ0v) is 12.7. The van der Waals surface area contributed by atoms with Gasteiger partial charge in [0.2, 0.25) is 0 Å². The Morgan fingerprint density at radius 2 is 1.84 bits per heavy atom. The van der Waals surface area contributed by atoms with Crippen molar-refractivity contribution in [2.45, 2.75) is 52.3 Å². The lowest BCUT2D eigenvalue weighted by molar-refractivity contribution is -0.125. The number of aliphatic hydroxyl groups excluding tert-OH is 1. The van der Waals surface area contributed by atoms with Gasteiger partial charge in [0.15, 0.2) is 12.6 Å². The summed E-state index contributed by atoms with van der Waals surface area (Å²) >= 11 is 0. The Hall–Kier alpha value is -0.230. The van der Waals surface area contributed by atoms with E-state index in [2.05, 4.69) is 0 Å². The van der Waals surface area contributed by atoms with E-state index in [1.807, 2.05) is 0 Å². The van der Waals surface area contributed by atoms with Crippen LogP contribution < -0.4 is 0 Å². The lowest BCUT2D eigenvalue weighted by Gasteiger charge is -2.26. The molecule has 0 aliphatic carbocycles. The van der Waals surface area contributed by atoms with Gasteiger partial charge in [-0.05, 0) is 33.8 Å². The Balaban J connectivity index is 2.53. The highest BCUT2D eigenvalue weighted by Gasteiger charge is 2.30. The van der Waals surface area contributed by atoms with Crippen molar-refractivity contribution in [3.8, 4) is 0 Å². The third-order valence-corrected chi connectivity index (χ3v) is 4.01. The van der Waals surface area contributed by atoms with Crippen LogP contribution in [-0.2, 0) is 23.1 Å². The molecule has 0 spiro atoms. The first kappa shape index (κ1) is 16.8. The normalized spacial score (nSPS) is 24.4. The lowest BCUT2D eigenvalue weighted by Crippen LogP contribution is -2.27. The van der Waals surface area contributed by atoms with Crippen LogP contribution in [0.2, 0.25) is 0 Å². The molecule has 6 nitrogen and oxygen atoms in total. The number of rotatable bonds is 7. The van der Waals surface area contributed by atoms with Crippen molar-refractivity contribution in [3.63, 3.8) is 0 Å². The summed E-state index contributed by atoms with van der Waals surface area (Å²) in [4.78, 5) is 0. The summed E-state index contributed by atoms with van der Waals surface area (Å²) in [5.74, 6) is 0. The summed E-state index contributed by atoms with van der Waals surface area (Å²) in [7, 11) is -3.31. The van der Waals surface area contributed by atoms with Crippen LogP contribution in [0.3, 0.4) is 0 Å². The number of ether oxygens (including phenoxy) is 2. The quantitative estimate of drug-likeness (QED) is 0.573. The molecule has 1 aliphatic heterocycles. The van der Waals surface area contributed by atoms with Crippen LogP contribution in [0.5, 0.6) is 0 Å². The SMILES string of the molecule is CC(C)OP(=O)(CO[C@@H]1C=C[C@H](O)CO1)OC(C)C. The van der Waals surface area contributed by atoms with Crippen molar-refractivity contribution in [1.82, 2.24) is 0 Å². The maximum absolute atomic E-state index is 12.4. The molecule has 0 bridgehead atoms. The highest BCUT2D eigenvalue weighted by atomic mass is 31.2. The van der Waals surface area contributed by atoms with Gasteiger partial charge in [-0.2, -0.15) is 0 Å². The molecule has 1 N–H and O–H groups in total. The summed E-state index contributed by atoms with van der Waals surface area (Å²) in [6.45, 7) is 7.28. The van der Waals surface area contributed by atoms with Crippen LogP contribution >= 0.6 is 7.60 Å². The van der Waals surface area contributed by atoms with Crippen LogP contribution in [0.25, 0.3) is 0 Å². The highest BCUT2D eigenvalue weighted by molar-refractivity contribution is 7.53. The molecule has 19 heavy (non-hydrogen) atoms. The summed E-state index contributed by atoms with van der Waals surface area (Å²) in [5, 5.41) is 9.22. The Morgan fingerprint density at radius 3 is 2.26 bits per heavy atom. The van der Waals surface area contributed by atoms with Gasteiger partial charge in [0.1, 0.15) is 0 Å². The van der Waals surface area contributed by atoms with Gasteiger partial charge in [-0.25, -0.2) is 0 Å². The van der Waals surface area contributed by atoms with Crippen molar-refractivity contribution in [3.05, 3.63) is 12.2 Å². The van der Waals surface area contributed by atoms with Crippen LogP contribution in [0.1, 0.15) is 27.7 Å². The Morgan fingerprint density at radius 1 is 1.26 bits per heavy atom. The van der Waals surface area contributed by atoms with Gasteiger partial charge in [-0.15, -0.1) is 0 Å². The first-order valence-corrected chi connectivity index (χ1v) is 8.09. The topological polar surface area (TPSA) is 74.2 Å². The number of hydrogen-bond acceptors (Lipinski definition) is 6. The molecule has 1 aliphatic rings. The third kappa shape index (κ3) is 6.65. The predicted octanol–water partition coefficient (Wildman–Crippen LogP) is 2.28. The van der Waals surface area contributed by atoms with E-state index in [0.717, 1.165) is 0 Å². The van der Waals surface area contributed by atoms with Gasteiger partial charge < -0.3 is 23.6 Å². The fourth-order valence-electron chi connectivity index (χ4n) is 1.52. The molecule has 0 saturated heterocycles. The van der Waals surface area contributed by atoms with Gasteiger partial charge in [-0.1, -0.05) is 6.08 Å². The van der Waals surface area contributed by atoms with E-state index < -0.39 is 20.0 Å². The predicted molar refractivity (Wildman–Crippen MR) is 70.9 cm³/mol. The van der Waals surface area contributed by atoms with E-state index in [4.69, 9.17) is 18.5 Å². The minimum Gasteiger partial charge on any atom is -0.387 e. The van der Waals surface area contributed by atoms with E-state index in [1.165, 1.54) is 0 Å². The Kier molecular flexibility index (Phi) is 6.66. The Bertz CT molecular complexity index is 327. The molecule has 0 unspecified atom stereocenters. The summed E-state index contributed by atoms with van der Waals surface area (Å²) < 4.78 is 33.7. The fraction of sp³-hybridized carbons (Fsp3) is 0.833. The second-order valence-electron chi connectivity index (χ2n) is 4.87. The molecule has 1 heterocycles. The van der Waals surface area contributed by atoms with Gasteiger partial charge in [0.25, 0.3) is 0 Å². The van der Waals surface area contributed by atoms with Crippen molar-refractivity contribution >= 4 is 7.60 Å². The van der Waals surface area contributed by atoms with Gasteiger partial charge >= 0.3 is 7.60 Å². The maximum atomic E-state index is 12.4. The van der Waals surface area contributed by atoms with Gasteiger partial charge in [0, 0.05) is 0 Å². The number of aliphatic hydroxyl groups is 1. The molecule has 0 saturated carbocycles. The molecule has 0 fully saturated rings. The first-order chi connectivity index (χ1) is 8.81. The van der Waals surface area contributed by atoms with Crippen molar-refractivity contribution < 1.29 is 28.2 Å². The fourth-order valence-corrected chi connectivity index (χ4v) is 3.31. The molecular formula is C12H23O6P. The molecule has 0 aromatic carbocycles. The first-order valence-electron chi connectivity index (χ1n) is 6.36. The van der Waals surface area contributed by atoms with Crippen LogP contribution in [-0.4, -0.2) is 42.7 Å². The molecule has 112 valence electrons. The van der Waals surface area contributed by atoms with E-state index in [-0.39, 0.29) is 25.2 Å². The Labute approximate surface area is 114 Å². The lowest BCUT2D eigenvalue weighted by atomic mass is 10.3. The second kappa shape index (κ2) is 7.53. The van der Waals surface area contributed by atoms with E-state index >= 15 is 0 Å². The maximum Gasteiger partial charge on any atom is 0.356 e. The van der Waals surface area contributed by atoms with Crippen molar-refractivity contribution in [2.24, 2.45) is 0 Å². The van der Waals surface area contributed by atoms with Gasteiger partial charge in [-0.3, -0.25) is 4.57 Å². The zero-order chi connectivity index (χ0) is 14.5. The zero-order valence-electron chi connectivity index (χ0n) is 11.8. The average Bonchev–Trinajstić information content (AvgIpc) is 2.26. The molecule has 0 radical (unpaired) electrons. The summed E-state index contributed by atoms with van der Waals surface area (Å²) in [5.41, 5.74) is 0. The average molecular weight is 294 g/mol. The van der Waals surface area contributed by atoms with Crippen LogP contribution in [0.4, 0.5) is 0 Å². The van der Waals surface area contributed by atoms with E-state index in [1.54, 1.807) is 39.8 Å². The second-order valence-corrected chi connectivity index (χ2v) is 6.77. The molecule has 2 atom stereocenters. The molecule has 7 heteroatoms. The highest BCUT2D eigenvalue weighted by Crippen LogP contribution is 2.50. The molecule has 0 aromatic rings. The van der Waals surface area contributed by atoms with Crippen LogP contribution in [0.15, 0.2) is 12.2 Å². The van der Waals surface area contributed by atoms with E-state index in [0.29, 0.717) is 0 Å². The van der Waals surface area contributed by atoms with Crippen molar-refractivity contribution in [2.75, 3.05) is 13.0 Å². The third-order valence-electron chi connectivity index (χ3n) is 2.06. The largest absolute Gasteiger partial charge is 0.387 e. The monoisotopic (exact) mass is 294 g/mol. The minimum absolute atomic E-state index is 0.154. The minimum atomic E-state index is -3.31. The molecular weight excluding hydrogens is 271 g/mol. The summed E-state index contributed by atoms with van der Waals surface area (Å²) in [6, 6.07) is 0.